The van der Waals surface area contributed by atoms with Crippen molar-refractivity contribution in [1.29, 1.82) is 0 Å². The number of carbonyl (C=O) groups is 1. The van der Waals surface area contributed by atoms with E-state index >= 15 is 4.39 Å². The summed E-state index contributed by atoms with van der Waals surface area (Å²) in [5, 5.41) is 6.94. The molecule has 1 fully saturated rings. The van der Waals surface area contributed by atoms with Crippen molar-refractivity contribution in [1.82, 2.24) is 29.6 Å². The van der Waals surface area contributed by atoms with Crippen molar-refractivity contribution in [3.8, 4) is 23.7 Å². The molecule has 0 aliphatic carbocycles. The van der Waals surface area contributed by atoms with E-state index in [2.05, 4.69) is 38.1 Å². The molecular formula is C26H26FN7O. The first-order valence-electron chi connectivity index (χ1n) is 11.5. The molecule has 35 heavy (non-hydrogen) atoms. The van der Waals surface area contributed by atoms with Crippen LogP contribution in [0.3, 0.4) is 0 Å². The smallest absolute Gasteiger partial charge is 0.254 e. The Labute approximate surface area is 202 Å². The third kappa shape index (κ3) is 3.91. The molecule has 2 atom stereocenters. The topological polar surface area (TPSA) is 80.9 Å². The van der Waals surface area contributed by atoms with Crippen molar-refractivity contribution in [2.24, 2.45) is 7.05 Å². The predicted molar refractivity (Wildman–Crippen MR) is 132 cm³/mol. The second kappa shape index (κ2) is 8.87. The number of anilines is 1. The van der Waals surface area contributed by atoms with E-state index in [1.165, 1.54) is 13.1 Å². The second-order valence-corrected chi connectivity index (χ2v) is 8.80. The summed E-state index contributed by atoms with van der Waals surface area (Å²) in [4.78, 5) is 23.6. The van der Waals surface area contributed by atoms with Gasteiger partial charge >= 0.3 is 0 Å². The highest BCUT2D eigenvalue weighted by atomic mass is 19.1. The van der Waals surface area contributed by atoms with Crippen LogP contribution >= 0.6 is 0 Å². The first kappa shape index (κ1) is 22.6. The molecule has 3 aromatic heterocycles. The average molecular weight is 472 g/mol. The first-order chi connectivity index (χ1) is 16.9. The fourth-order valence-electron chi connectivity index (χ4n) is 4.76. The van der Waals surface area contributed by atoms with Gasteiger partial charge in [0.1, 0.15) is 17.2 Å². The Morgan fingerprint density at radius 1 is 1.26 bits per heavy atom. The highest BCUT2D eigenvalue weighted by molar-refractivity contribution is 5.98. The minimum Gasteiger partial charge on any atom is -0.355 e. The van der Waals surface area contributed by atoms with E-state index in [-0.39, 0.29) is 17.1 Å². The molecule has 4 aromatic rings. The fourth-order valence-corrected chi connectivity index (χ4v) is 4.76. The second-order valence-electron chi connectivity index (χ2n) is 8.80. The van der Waals surface area contributed by atoms with Crippen molar-refractivity contribution < 1.29 is 9.18 Å². The van der Waals surface area contributed by atoms with Crippen LogP contribution in [-0.4, -0.2) is 49.4 Å². The van der Waals surface area contributed by atoms with E-state index < -0.39 is 11.7 Å². The van der Waals surface area contributed by atoms with Gasteiger partial charge in [-0.3, -0.25) is 9.48 Å². The van der Waals surface area contributed by atoms with Crippen LogP contribution in [0.1, 0.15) is 35.8 Å². The number of hydrogen-bond donors (Lipinski definition) is 1. The lowest BCUT2D eigenvalue weighted by Gasteiger charge is -2.26. The average Bonchev–Trinajstić information content (AvgIpc) is 3.56. The minimum atomic E-state index is -0.657. The van der Waals surface area contributed by atoms with Gasteiger partial charge in [0.25, 0.3) is 5.91 Å². The molecular weight excluding hydrogens is 445 g/mol. The number of nitrogens with one attached hydrogen (secondary N) is 1. The summed E-state index contributed by atoms with van der Waals surface area (Å²) in [6.45, 7) is 2.53. The summed E-state index contributed by atoms with van der Waals surface area (Å²) in [7, 11) is 3.31. The lowest BCUT2D eigenvalue weighted by molar-refractivity contribution is 0.0959. The molecule has 0 radical (unpaired) electrons. The zero-order chi connectivity index (χ0) is 24.7. The predicted octanol–water partition coefficient (Wildman–Crippen LogP) is 3.37. The molecule has 1 aromatic carbocycles. The van der Waals surface area contributed by atoms with Crippen LogP contribution in [0.25, 0.3) is 22.4 Å². The Kier molecular flexibility index (Phi) is 5.73. The number of nitrogens with zero attached hydrogens (tertiary/aromatic N) is 6. The Morgan fingerprint density at radius 3 is 2.74 bits per heavy atom. The van der Waals surface area contributed by atoms with Gasteiger partial charge in [-0.15, -0.1) is 6.42 Å². The molecule has 1 aliphatic heterocycles. The molecule has 1 amide bonds. The SMILES string of the molecule is C#C[C@H]1CC[C@H](C)N1c1ccc(-c2nc3c(F)c(C(=O)NC)ccc3n2Cc2ccn(C)n2)cn1. The summed E-state index contributed by atoms with van der Waals surface area (Å²) >= 11 is 0. The molecule has 0 spiro atoms. The molecule has 4 heterocycles. The zero-order valence-corrected chi connectivity index (χ0v) is 19.9. The van der Waals surface area contributed by atoms with Gasteiger partial charge in [0, 0.05) is 38.1 Å². The number of benzene rings is 1. The van der Waals surface area contributed by atoms with E-state index in [1.807, 2.05) is 36.0 Å². The minimum absolute atomic E-state index is 0.0225. The highest BCUT2D eigenvalue weighted by Crippen LogP contribution is 2.32. The molecule has 1 N–H and O–H groups in total. The normalized spacial score (nSPS) is 17.6. The number of rotatable bonds is 5. The van der Waals surface area contributed by atoms with Crippen molar-refractivity contribution in [3.63, 3.8) is 0 Å². The number of pyridine rings is 1. The van der Waals surface area contributed by atoms with Crippen LogP contribution in [0, 0.1) is 18.2 Å². The molecule has 5 rings (SSSR count). The van der Waals surface area contributed by atoms with Crippen LogP contribution in [0.4, 0.5) is 10.2 Å². The van der Waals surface area contributed by atoms with Crippen molar-refractivity contribution >= 4 is 22.8 Å². The van der Waals surface area contributed by atoms with Crippen LogP contribution < -0.4 is 10.2 Å². The molecule has 8 nitrogen and oxygen atoms in total. The number of carbonyl (C=O) groups excluding carboxylic acids is 1. The maximum atomic E-state index is 15.4. The number of terminal acetylenes is 1. The van der Waals surface area contributed by atoms with Gasteiger partial charge in [0.05, 0.1) is 29.4 Å². The third-order valence-corrected chi connectivity index (χ3v) is 6.55. The number of fused-ring (bicyclic) bond motifs is 1. The Balaban J connectivity index is 1.61. The lowest BCUT2D eigenvalue weighted by atomic mass is 10.1. The van der Waals surface area contributed by atoms with Gasteiger partial charge in [0.15, 0.2) is 5.82 Å². The Hall–Kier alpha value is -4.19. The quantitative estimate of drug-likeness (QED) is 0.452. The number of amides is 1. The van der Waals surface area contributed by atoms with Gasteiger partial charge in [-0.05, 0) is 50.1 Å². The van der Waals surface area contributed by atoms with Gasteiger partial charge in [-0.1, -0.05) is 5.92 Å². The molecule has 1 saturated heterocycles. The summed E-state index contributed by atoms with van der Waals surface area (Å²) in [5.74, 6) is 3.05. The molecule has 178 valence electrons. The maximum Gasteiger partial charge on any atom is 0.254 e. The lowest BCUT2D eigenvalue weighted by Crippen LogP contribution is -2.34. The highest BCUT2D eigenvalue weighted by Gasteiger charge is 2.30. The number of aryl methyl sites for hydroxylation is 1. The zero-order valence-electron chi connectivity index (χ0n) is 19.9. The molecule has 9 heteroatoms. The van der Waals surface area contributed by atoms with E-state index in [4.69, 9.17) is 6.42 Å². The van der Waals surface area contributed by atoms with E-state index in [1.54, 1.807) is 16.9 Å². The number of halogens is 1. The van der Waals surface area contributed by atoms with Crippen LogP contribution in [0.2, 0.25) is 0 Å². The Morgan fingerprint density at radius 2 is 2.09 bits per heavy atom. The summed E-state index contributed by atoms with van der Waals surface area (Å²) in [6, 6.07) is 9.28. The van der Waals surface area contributed by atoms with Crippen molar-refractivity contribution in [3.05, 3.63) is 59.8 Å². The first-order valence-corrected chi connectivity index (χ1v) is 11.5. The third-order valence-electron chi connectivity index (χ3n) is 6.55. The van der Waals surface area contributed by atoms with Crippen molar-refractivity contribution in [2.75, 3.05) is 11.9 Å². The van der Waals surface area contributed by atoms with E-state index in [9.17, 15) is 4.79 Å². The van der Waals surface area contributed by atoms with Crippen molar-refractivity contribution in [2.45, 2.75) is 38.4 Å². The van der Waals surface area contributed by atoms with Crippen LogP contribution in [0.15, 0.2) is 42.7 Å². The largest absolute Gasteiger partial charge is 0.355 e. The fraction of sp³-hybridized carbons (Fsp3) is 0.308. The maximum absolute atomic E-state index is 15.4. The van der Waals surface area contributed by atoms with E-state index in [0.717, 1.165) is 29.9 Å². The van der Waals surface area contributed by atoms with Gasteiger partial charge < -0.3 is 14.8 Å². The molecule has 0 bridgehead atoms. The molecule has 0 unspecified atom stereocenters. The van der Waals surface area contributed by atoms with Crippen LogP contribution in [0.5, 0.6) is 0 Å². The van der Waals surface area contributed by atoms with Gasteiger partial charge in [-0.2, -0.15) is 5.10 Å². The monoisotopic (exact) mass is 471 g/mol. The summed E-state index contributed by atoms with van der Waals surface area (Å²) < 4.78 is 19.0. The molecule has 1 aliphatic rings. The Bertz CT molecular complexity index is 1450. The number of aromatic nitrogens is 5. The standard InChI is InChI=1S/C26H26FN7O/c1-5-19-8-6-16(2)34(19)22-11-7-17(14-29-22)25-30-24-21(10-9-20(23(24)27)26(35)28-3)33(25)15-18-12-13-32(4)31-18/h1,7,9-14,16,19H,6,8,15H2,2-4H3,(H,28,35)/t16-,19-/m0/s1. The van der Waals surface area contributed by atoms with Gasteiger partial charge in [0.2, 0.25) is 0 Å². The van der Waals surface area contributed by atoms with Gasteiger partial charge in [-0.25, -0.2) is 14.4 Å². The number of hydrogen-bond acceptors (Lipinski definition) is 5. The summed E-state index contributed by atoms with van der Waals surface area (Å²) in [6.07, 6.45) is 11.3. The molecule has 0 saturated carbocycles. The summed E-state index contributed by atoms with van der Waals surface area (Å²) in [5.41, 5.74) is 2.18. The number of imidazole rings is 1. The van der Waals surface area contributed by atoms with E-state index in [0.29, 0.717) is 23.9 Å². The van der Waals surface area contributed by atoms with Crippen LogP contribution in [-0.2, 0) is 13.6 Å².